The molecule has 1 heterocycles. The molecule has 2 heteroatoms. The van der Waals surface area contributed by atoms with Gasteiger partial charge < -0.3 is 11.1 Å². The van der Waals surface area contributed by atoms with Crippen molar-refractivity contribution in [3.63, 3.8) is 0 Å². The maximum atomic E-state index is 5.60. The van der Waals surface area contributed by atoms with Gasteiger partial charge in [0.05, 0.1) is 0 Å². The largest absolute Gasteiger partial charge is 0.330 e. The van der Waals surface area contributed by atoms with Crippen molar-refractivity contribution < 1.29 is 0 Å². The van der Waals surface area contributed by atoms with Gasteiger partial charge in [-0.3, -0.25) is 0 Å². The molecule has 1 atom stereocenters. The van der Waals surface area contributed by atoms with E-state index in [0.29, 0.717) is 0 Å². The summed E-state index contributed by atoms with van der Waals surface area (Å²) in [6, 6.07) is 0. The van der Waals surface area contributed by atoms with Crippen LogP contribution in [0.3, 0.4) is 0 Å². The van der Waals surface area contributed by atoms with Crippen LogP contribution < -0.4 is 11.1 Å². The van der Waals surface area contributed by atoms with Crippen LogP contribution in [0.2, 0.25) is 0 Å². The highest BCUT2D eigenvalue weighted by molar-refractivity contribution is 4.75. The molecule has 0 aliphatic carbocycles. The molecular weight excluding hydrogens is 148 g/mol. The van der Waals surface area contributed by atoms with E-state index < -0.39 is 0 Å². The summed E-state index contributed by atoms with van der Waals surface area (Å²) in [6.45, 7) is 5.59. The van der Waals surface area contributed by atoms with Crippen molar-refractivity contribution in [3.8, 4) is 0 Å². The number of piperidine rings is 1. The smallest absolute Gasteiger partial charge is 0.00462 e. The average molecular weight is 170 g/mol. The monoisotopic (exact) mass is 170 g/mol. The van der Waals surface area contributed by atoms with E-state index in [1.54, 1.807) is 0 Å². The Kier molecular flexibility index (Phi) is 4.62. The fourth-order valence-electron chi connectivity index (χ4n) is 2.30. The summed E-state index contributed by atoms with van der Waals surface area (Å²) in [7, 11) is 0. The first-order valence-corrected chi connectivity index (χ1v) is 5.29. The highest BCUT2D eigenvalue weighted by Crippen LogP contribution is 2.26. The molecular formula is C10H22N2. The van der Waals surface area contributed by atoms with Crippen LogP contribution in [0.4, 0.5) is 0 Å². The van der Waals surface area contributed by atoms with Gasteiger partial charge in [-0.1, -0.05) is 13.3 Å². The van der Waals surface area contributed by atoms with Crippen molar-refractivity contribution >= 4 is 0 Å². The predicted octanol–water partition coefficient (Wildman–Crippen LogP) is 1.36. The molecule has 1 rings (SSSR count). The molecule has 0 bridgehead atoms. The first-order valence-electron chi connectivity index (χ1n) is 5.29. The topological polar surface area (TPSA) is 38.0 Å². The lowest BCUT2D eigenvalue weighted by Crippen LogP contribution is -2.32. The van der Waals surface area contributed by atoms with Crippen molar-refractivity contribution in [1.82, 2.24) is 5.32 Å². The minimum absolute atomic E-state index is 0.864. The highest BCUT2D eigenvalue weighted by atomic mass is 14.9. The van der Waals surface area contributed by atoms with E-state index >= 15 is 0 Å². The first-order chi connectivity index (χ1) is 5.88. The van der Waals surface area contributed by atoms with E-state index in [1.807, 2.05) is 0 Å². The zero-order chi connectivity index (χ0) is 8.81. The van der Waals surface area contributed by atoms with Gasteiger partial charge in [0, 0.05) is 0 Å². The van der Waals surface area contributed by atoms with Crippen molar-refractivity contribution in [1.29, 1.82) is 0 Å². The van der Waals surface area contributed by atoms with E-state index in [0.717, 1.165) is 18.4 Å². The van der Waals surface area contributed by atoms with Gasteiger partial charge in [-0.15, -0.1) is 0 Å². The Morgan fingerprint density at radius 1 is 1.42 bits per heavy atom. The molecule has 12 heavy (non-hydrogen) atoms. The minimum atomic E-state index is 0.864. The standard InChI is InChI=1S/C10H22N2/c1-2-9(3-6-11)10-4-7-12-8-5-10/h9-10,12H,2-8,11H2,1H3. The summed E-state index contributed by atoms with van der Waals surface area (Å²) in [5.74, 6) is 1.83. The zero-order valence-electron chi connectivity index (χ0n) is 8.18. The van der Waals surface area contributed by atoms with Crippen molar-refractivity contribution in [3.05, 3.63) is 0 Å². The molecule has 1 fully saturated rings. The second-order valence-electron chi connectivity index (χ2n) is 3.83. The number of hydrogen-bond acceptors (Lipinski definition) is 2. The molecule has 1 saturated heterocycles. The van der Waals surface area contributed by atoms with Crippen LogP contribution in [-0.4, -0.2) is 19.6 Å². The maximum Gasteiger partial charge on any atom is -0.00462 e. The molecule has 72 valence electrons. The number of hydrogen-bond donors (Lipinski definition) is 2. The van der Waals surface area contributed by atoms with Gasteiger partial charge in [0.25, 0.3) is 0 Å². The van der Waals surface area contributed by atoms with Crippen LogP contribution in [0.15, 0.2) is 0 Å². The summed E-state index contributed by atoms with van der Waals surface area (Å²) in [5.41, 5.74) is 5.60. The number of rotatable bonds is 4. The Morgan fingerprint density at radius 3 is 2.58 bits per heavy atom. The molecule has 1 unspecified atom stereocenters. The quantitative estimate of drug-likeness (QED) is 0.668. The summed E-state index contributed by atoms with van der Waals surface area (Å²) in [5, 5.41) is 3.40. The SMILES string of the molecule is CCC(CCN)C1CCNCC1. The van der Waals surface area contributed by atoms with Gasteiger partial charge in [0.15, 0.2) is 0 Å². The van der Waals surface area contributed by atoms with E-state index in [2.05, 4.69) is 12.2 Å². The Labute approximate surface area is 75.9 Å². The van der Waals surface area contributed by atoms with E-state index in [4.69, 9.17) is 5.73 Å². The van der Waals surface area contributed by atoms with Crippen LogP contribution >= 0.6 is 0 Å². The molecule has 0 spiro atoms. The molecule has 0 saturated carbocycles. The fourth-order valence-corrected chi connectivity index (χ4v) is 2.30. The summed E-state index contributed by atoms with van der Waals surface area (Å²) >= 11 is 0. The average Bonchev–Trinajstić information content (AvgIpc) is 2.15. The van der Waals surface area contributed by atoms with Gasteiger partial charge in [-0.05, 0) is 50.7 Å². The number of nitrogens with two attached hydrogens (primary N) is 1. The third-order valence-corrected chi connectivity index (χ3v) is 3.11. The van der Waals surface area contributed by atoms with Crippen LogP contribution in [0.1, 0.15) is 32.6 Å². The first kappa shape index (κ1) is 10.0. The molecule has 0 aromatic heterocycles. The molecule has 0 radical (unpaired) electrons. The van der Waals surface area contributed by atoms with Crippen molar-refractivity contribution in [2.75, 3.05) is 19.6 Å². The molecule has 1 aliphatic heterocycles. The highest BCUT2D eigenvalue weighted by Gasteiger charge is 2.20. The molecule has 1 aliphatic rings. The summed E-state index contributed by atoms with van der Waals surface area (Å²) in [4.78, 5) is 0. The lowest BCUT2D eigenvalue weighted by Gasteiger charge is -2.29. The van der Waals surface area contributed by atoms with Crippen LogP contribution in [-0.2, 0) is 0 Å². The summed E-state index contributed by atoms with van der Waals surface area (Å²) in [6.07, 6.45) is 5.25. The third-order valence-electron chi connectivity index (χ3n) is 3.11. The molecule has 0 aromatic rings. The van der Waals surface area contributed by atoms with Gasteiger partial charge in [0.1, 0.15) is 0 Å². The lowest BCUT2D eigenvalue weighted by atomic mass is 9.81. The number of nitrogens with one attached hydrogen (secondary N) is 1. The van der Waals surface area contributed by atoms with Gasteiger partial charge >= 0.3 is 0 Å². The Balaban J connectivity index is 2.29. The van der Waals surface area contributed by atoms with Crippen LogP contribution in [0.5, 0.6) is 0 Å². The predicted molar refractivity (Wildman–Crippen MR) is 53.0 cm³/mol. The van der Waals surface area contributed by atoms with Crippen molar-refractivity contribution in [2.24, 2.45) is 17.6 Å². The Morgan fingerprint density at radius 2 is 2.08 bits per heavy atom. The van der Waals surface area contributed by atoms with Crippen LogP contribution in [0.25, 0.3) is 0 Å². The van der Waals surface area contributed by atoms with E-state index in [1.165, 1.54) is 38.8 Å². The second kappa shape index (κ2) is 5.55. The van der Waals surface area contributed by atoms with E-state index in [9.17, 15) is 0 Å². The maximum absolute atomic E-state index is 5.60. The van der Waals surface area contributed by atoms with Crippen molar-refractivity contribution in [2.45, 2.75) is 32.6 Å². The lowest BCUT2D eigenvalue weighted by molar-refractivity contribution is 0.242. The molecule has 3 N–H and O–H groups in total. The van der Waals surface area contributed by atoms with Gasteiger partial charge in [-0.2, -0.15) is 0 Å². The second-order valence-corrected chi connectivity index (χ2v) is 3.83. The van der Waals surface area contributed by atoms with Gasteiger partial charge in [0.2, 0.25) is 0 Å². The third kappa shape index (κ3) is 2.76. The molecule has 0 amide bonds. The zero-order valence-corrected chi connectivity index (χ0v) is 8.18. The normalized spacial score (nSPS) is 22.5. The minimum Gasteiger partial charge on any atom is -0.330 e. The van der Waals surface area contributed by atoms with Gasteiger partial charge in [-0.25, -0.2) is 0 Å². The van der Waals surface area contributed by atoms with E-state index in [-0.39, 0.29) is 0 Å². The molecule has 0 aromatic carbocycles. The van der Waals surface area contributed by atoms with Crippen LogP contribution in [0, 0.1) is 11.8 Å². The Hall–Kier alpha value is -0.0800. The Bertz CT molecular complexity index is 106. The fraction of sp³-hybridized carbons (Fsp3) is 1.00. The molecule has 2 nitrogen and oxygen atoms in total. The summed E-state index contributed by atoms with van der Waals surface area (Å²) < 4.78 is 0.